The average Bonchev–Trinajstić information content (AvgIpc) is 3.51. The van der Waals surface area contributed by atoms with E-state index in [1.807, 2.05) is 89.2 Å². The summed E-state index contributed by atoms with van der Waals surface area (Å²) < 4.78 is 17.3. The zero-order valence-corrected chi connectivity index (χ0v) is 25.0. The van der Waals surface area contributed by atoms with Gasteiger partial charge >= 0.3 is 0 Å². The minimum atomic E-state index is -1.15. The second-order valence-electron chi connectivity index (χ2n) is 11.7. The Kier molecular flexibility index (Phi) is 7.23. The van der Waals surface area contributed by atoms with Crippen LogP contribution in [0.5, 0.6) is 5.75 Å². The van der Waals surface area contributed by atoms with Gasteiger partial charge in [0.05, 0.1) is 30.0 Å². The van der Waals surface area contributed by atoms with E-state index in [9.17, 15) is 4.79 Å². The van der Waals surface area contributed by atoms with Gasteiger partial charge in [0, 0.05) is 44.0 Å². The third-order valence-corrected chi connectivity index (χ3v) is 9.23. The van der Waals surface area contributed by atoms with E-state index < -0.39 is 8.07 Å². The fourth-order valence-electron chi connectivity index (χ4n) is 5.17. The predicted octanol–water partition coefficient (Wildman–Crippen LogP) is 6.18. The smallest absolute Gasteiger partial charge is 0.291 e. The molecule has 0 radical (unpaired) electrons. The Morgan fingerprint density at radius 2 is 1.61 bits per heavy atom. The second kappa shape index (κ2) is 11.0. The van der Waals surface area contributed by atoms with E-state index in [-0.39, 0.29) is 5.56 Å². The normalized spacial score (nSPS) is 12.1. The molecular weight excluding hydrogens is 530 g/mol. The fraction of sp³-hybridized carbons (Fsp3) is 0.281. The lowest BCUT2D eigenvalue weighted by molar-refractivity contribution is 0.0817. The number of ether oxygens (including phenoxy) is 2. The predicted molar refractivity (Wildman–Crippen MR) is 166 cm³/mol. The van der Waals surface area contributed by atoms with Gasteiger partial charge in [-0.3, -0.25) is 4.79 Å². The van der Waals surface area contributed by atoms with Gasteiger partial charge in [-0.15, -0.1) is 0 Å². The van der Waals surface area contributed by atoms with Gasteiger partial charge in [0.2, 0.25) is 0 Å². The number of aromatic nitrogens is 5. The largest absolute Gasteiger partial charge is 0.489 e. The van der Waals surface area contributed by atoms with Crippen LogP contribution in [-0.4, -0.2) is 38.8 Å². The van der Waals surface area contributed by atoms with Crippen molar-refractivity contribution in [3.63, 3.8) is 0 Å². The maximum absolute atomic E-state index is 13.7. The highest BCUT2D eigenvalue weighted by atomic mass is 28.3. The van der Waals surface area contributed by atoms with E-state index in [2.05, 4.69) is 29.8 Å². The molecule has 41 heavy (non-hydrogen) atoms. The molecular formula is C32H35N5O3Si. The first-order valence-corrected chi connectivity index (χ1v) is 17.7. The summed E-state index contributed by atoms with van der Waals surface area (Å²) in [6.07, 6.45) is 3.64. The average molecular weight is 566 g/mol. The van der Waals surface area contributed by atoms with Gasteiger partial charge in [-0.05, 0) is 35.4 Å². The van der Waals surface area contributed by atoms with E-state index in [4.69, 9.17) is 9.47 Å². The molecule has 0 bridgehead atoms. The summed E-state index contributed by atoms with van der Waals surface area (Å²) >= 11 is 0. The molecule has 0 aliphatic carbocycles. The molecule has 6 rings (SSSR count). The highest BCUT2D eigenvalue weighted by Crippen LogP contribution is 2.29. The number of hydrogen-bond donors (Lipinski definition) is 0. The number of benzene rings is 3. The van der Waals surface area contributed by atoms with Crippen molar-refractivity contribution in [1.82, 2.24) is 24.1 Å². The molecule has 0 amide bonds. The first kappa shape index (κ1) is 27.0. The molecule has 9 heteroatoms. The summed E-state index contributed by atoms with van der Waals surface area (Å²) in [5, 5.41) is 11.9. The van der Waals surface area contributed by atoms with E-state index in [1.165, 1.54) is 4.68 Å². The minimum absolute atomic E-state index is 0.132. The minimum Gasteiger partial charge on any atom is -0.489 e. The number of hydrogen-bond acceptors (Lipinski definition) is 5. The number of nitrogens with zero attached hydrogens (tertiary/aromatic N) is 5. The third-order valence-electron chi connectivity index (χ3n) is 7.53. The Hall–Kier alpha value is -4.21. The maximum Gasteiger partial charge on any atom is 0.291 e. The molecule has 3 heterocycles. The van der Waals surface area contributed by atoms with Crippen LogP contribution in [0.25, 0.3) is 32.7 Å². The molecule has 0 spiro atoms. The molecule has 3 aromatic carbocycles. The van der Waals surface area contributed by atoms with Crippen molar-refractivity contribution >= 4 is 40.8 Å². The molecule has 0 unspecified atom stereocenters. The molecule has 0 aliphatic heterocycles. The number of fused-ring (bicyclic) bond motifs is 4. The lowest BCUT2D eigenvalue weighted by Gasteiger charge is -2.15. The molecule has 0 aliphatic rings. The van der Waals surface area contributed by atoms with Crippen molar-refractivity contribution in [2.24, 2.45) is 7.05 Å². The number of rotatable bonds is 10. The molecule has 0 atom stereocenters. The van der Waals surface area contributed by atoms with Crippen molar-refractivity contribution in [1.29, 1.82) is 0 Å². The quantitative estimate of drug-likeness (QED) is 0.147. The SMILES string of the molecule is Cn1c2cc(OCc3ccccc3)ccc2c2cnn(Cc3cccc4c3cnn4COCC[Si](C)(C)C)c(=O)c21. The van der Waals surface area contributed by atoms with Crippen LogP contribution in [0.15, 0.2) is 83.9 Å². The molecule has 0 saturated heterocycles. The standard InChI is InChI=1S/C32H35N5O3Si/c1-35-30-17-25(40-21-23-9-6-5-7-10-23)13-14-26(30)28-19-33-36(32(38)31(28)35)20-24-11-8-12-29-27(24)18-34-37(29)22-39-15-16-41(2,3)4/h5-14,17-19H,15-16,20-22H2,1-4H3. The molecule has 3 aromatic heterocycles. The van der Waals surface area contributed by atoms with Gasteiger partial charge in [-0.25, -0.2) is 9.36 Å². The van der Waals surface area contributed by atoms with Crippen LogP contribution in [0.1, 0.15) is 11.1 Å². The zero-order chi connectivity index (χ0) is 28.6. The van der Waals surface area contributed by atoms with Crippen molar-refractivity contribution < 1.29 is 9.47 Å². The molecule has 6 aromatic rings. The van der Waals surface area contributed by atoms with E-state index in [1.54, 1.807) is 6.20 Å². The third kappa shape index (κ3) is 5.55. The highest BCUT2D eigenvalue weighted by Gasteiger charge is 2.17. The first-order valence-electron chi connectivity index (χ1n) is 13.9. The molecule has 0 N–H and O–H groups in total. The van der Waals surface area contributed by atoms with Gasteiger partial charge in [0.15, 0.2) is 0 Å². The Morgan fingerprint density at radius 3 is 2.41 bits per heavy atom. The molecule has 8 nitrogen and oxygen atoms in total. The summed E-state index contributed by atoms with van der Waals surface area (Å²) in [4.78, 5) is 13.7. The lowest BCUT2D eigenvalue weighted by Crippen LogP contribution is -2.24. The van der Waals surface area contributed by atoms with Crippen LogP contribution < -0.4 is 10.3 Å². The highest BCUT2D eigenvalue weighted by molar-refractivity contribution is 6.76. The Labute approximate surface area is 239 Å². The van der Waals surface area contributed by atoms with Gasteiger partial charge in [0.25, 0.3) is 5.56 Å². The second-order valence-corrected chi connectivity index (χ2v) is 17.3. The Bertz CT molecular complexity index is 1900. The summed E-state index contributed by atoms with van der Waals surface area (Å²) in [6, 6.07) is 23.2. The van der Waals surface area contributed by atoms with Crippen molar-refractivity contribution in [2.45, 2.75) is 45.6 Å². The van der Waals surface area contributed by atoms with Crippen LogP contribution in [0, 0.1) is 0 Å². The zero-order valence-electron chi connectivity index (χ0n) is 24.0. The fourth-order valence-corrected chi connectivity index (χ4v) is 5.93. The summed E-state index contributed by atoms with van der Waals surface area (Å²) in [7, 11) is 0.774. The summed E-state index contributed by atoms with van der Waals surface area (Å²) in [6.45, 7) is 9.01. The van der Waals surface area contributed by atoms with Crippen molar-refractivity contribution in [3.05, 3.63) is 101 Å². The van der Waals surface area contributed by atoms with Crippen LogP contribution in [0.3, 0.4) is 0 Å². The number of aryl methyl sites for hydroxylation is 1. The van der Waals surface area contributed by atoms with Gasteiger partial charge < -0.3 is 14.0 Å². The van der Waals surface area contributed by atoms with Crippen LogP contribution in [0.4, 0.5) is 0 Å². The van der Waals surface area contributed by atoms with E-state index >= 15 is 0 Å². The maximum atomic E-state index is 13.7. The van der Waals surface area contributed by atoms with Gasteiger partial charge in [0.1, 0.15) is 24.6 Å². The van der Waals surface area contributed by atoms with Crippen LogP contribution >= 0.6 is 0 Å². The Balaban J connectivity index is 1.26. The van der Waals surface area contributed by atoms with E-state index in [0.29, 0.717) is 25.4 Å². The van der Waals surface area contributed by atoms with Crippen LogP contribution in [0.2, 0.25) is 25.7 Å². The van der Waals surface area contributed by atoms with Crippen molar-refractivity contribution in [2.75, 3.05) is 6.61 Å². The monoisotopic (exact) mass is 565 g/mol. The topological polar surface area (TPSA) is 76.1 Å². The molecule has 0 saturated carbocycles. The summed E-state index contributed by atoms with van der Waals surface area (Å²) in [5.41, 5.74) is 4.49. The van der Waals surface area contributed by atoms with Gasteiger partial charge in [-0.2, -0.15) is 10.2 Å². The first-order chi connectivity index (χ1) is 19.8. The summed E-state index contributed by atoms with van der Waals surface area (Å²) in [5.74, 6) is 0.758. The molecule has 210 valence electrons. The van der Waals surface area contributed by atoms with E-state index in [0.717, 1.165) is 56.7 Å². The Morgan fingerprint density at radius 1 is 0.829 bits per heavy atom. The van der Waals surface area contributed by atoms with Gasteiger partial charge in [-0.1, -0.05) is 62.1 Å². The van der Waals surface area contributed by atoms with Crippen LogP contribution in [-0.2, 0) is 31.7 Å². The lowest BCUT2D eigenvalue weighted by atomic mass is 10.1. The van der Waals surface area contributed by atoms with Crippen molar-refractivity contribution in [3.8, 4) is 5.75 Å². The molecule has 0 fully saturated rings.